The molecule has 1 aliphatic rings. The number of hydrogen-bond acceptors (Lipinski definition) is 5. The van der Waals surface area contributed by atoms with Crippen molar-refractivity contribution in [3.63, 3.8) is 0 Å². The van der Waals surface area contributed by atoms with Gasteiger partial charge in [0, 0.05) is 23.9 Å². The molecule has 1 heterocycles. The van der Waals surface area contributed by atoms with Crippen molar-refractivity contribution in [2.24, 2.45) is 0 Å². The van der Waals surface area contributed by atoms with E-state index in [2.05, 4.69) is 33.8 Å². The van der Waals surface area contributed by atoms with Crippen molar-refractivity contribution in [3.8, 4) is 0 Å². The number of aromatic nitrogens is 2. The molecule has 0 amide bonds. The van der Waals surface area contributed by atoms with Crippen LogP contribution in [-0.2, 0) is 6.42 Å². The third kappa shape index (κ3) is 3.14. The van der Waals surface area contributed by atoms with Gasteiger partial charge in [0.05, 0.1) is 0 Å². The lowest BCUT2D eigenvalue weighted by atomic mass is 10.1. The molecular weight excluding hydrogens is 256 g/mol. The highest BCUT2D eigenvalue weighted by Gasteiger charge is 2.32. The van der Waals surface area contributed by atoms with E-state index in [-0.39, 0.29) is 0 Å². The van der Waals surface area contributed by atoms with E-state index in [1.807, 2.05) is 18.8 Å². The Balaban J connectivity index is 2.10. The molecule has 0 unspecified atom stereocenters. The first-order valence-corrected chi connectivity index (χ1v) is 8.28. The molecule has 0 bridgehead atoms. The predicted molar refractivity (Wildman–Crippen MR) is 84.2 cm³/mol. The monoisotopic (exact) mass is 280 g/mol. The van der Waals surface area contributed by atoms with E-state index in [1.165, 1.54) is 31.2 Å². The van der Waals surface area contributed by atoms with Crippen LogP contribution in [0.1, 0.15) is 38.2 Å². The molecule has 1 fully saturated rings. The Morgan fingerprint density at radius 1 is 1.26 bits per heavy atom. The van der Waals surface area contributed by atoms with Crippen LogP contribution in [-0.4, -0.2) is 34.6 Å². The van der Waals surface area contributed by atoms with Gasteiger partial charge in [0.15, 0.2) is 0 Å². The summed E-state index contributed by atoms with van der Waals surface area (Å²) in [5.41, 5.74) is 1.18. The van der Waals surface area contributed by atoms with Gasteiger partial charge in [-0.15, -0.1) is 0 Å². The first kappa shape index (κ1) is 14.4. The van der Waals surface area contributed by atoms with Crippen LogP contribution in [0.2, 0.25) is 0 Å². The maximum Gasteiger partial charge on any atom is 0.134 e. The predicted octanol–water partition coefficient (Wildman–Crippen LogP) is 3.17. The topological polar surface area (TPSA) is 49.8 Å². The second-order valence-corrected chi connectivity index (χ2v) is 6.38. The summed E-state index contributed by atoms with van der Waals surface area (Å²) in [6.45, 7) is 3.14. The largest absolute Gasteiger partial charge is 0.373 e. The summed E-state index contributed by atoms with van der Waals surface area (Å²) in [6, 6.07) is 0. The van der Waals surface area contributed by atoms with Crippen LogP contribution >= 0.6 is 11.8 Å². The summed E-state index contributed by atoms with van der Waals surface area (Å²) in [7, 11) is 1.91. The van der Waals surface area contributed by atoms with Crippen molar-refractivity contribution in [1.82, 2.24) is 9.97 Å². The zero-order valence-electron chi connectivity index (χ0n) is 12.1. The number of thioether (sulfide) groups is 1. The van der Waals surface area contributed by atoms with Crippen LogP contribution in [0.25, 0.3) is 0 Å². The van der Waals surface area contributed by atoms with Crippen LogP contribution in [0.5, 0.6) is 0 Å². The number of anilines is 2. The number of hydrogen-bond donors (Lipinski definition) is 2. The molecule has 106 valence electrons. The molecule has 2 rings (SSSR count). The zero-order chi connectivity index (χ0) is 13.7. The van der Waals surface area contributed by atoms with E-state index in [9.17, 15) is 0 Å². The molecule has 2 N–H and O–H groups in total. The number of nitrogens with zero attached hydrogens (tertiary/aromatic N) is 2. The molecule has 1 aromatic heterocycles. The number of rotatable bonds is 6. The van der Waals surface area contributed by atoms with Crippen LogP contribution < -0.4 is 10.6 Å². The van der Waals surface area contributed by atoms with Gasteiger partial charge in [-0.1, -0.05) is 19.8 Å². The van der Waals surface area contributed by atoms with Gasteiger partial charge >= 0.3 is 0 Å². The standard InChI is InChI=1S/C14H24N4S/c1-4-11-12(15-2)17-10-18-13(11)16-9-14(19-3)7-5-6-8-14/h10H,4-9H2,1-3H3,(H2,15,16,17,18). The fraction of sp³-hybridized carbons (Fsp3) is 0.714. The Morgan fingerprint density at radius 3 is 2.53 bits per heavy atom. The van der Waals surface area contributed by atoms with Crippen molar-refractivity contribution in [3.05, 3.63) is 11.9 Å². The summed E-state index contributed by atoms with van der Waals surface area (Å²) >= 11 is 2.00. The smallest absolute Gasteiger partial charge is 0.134 e. The molecule has 0 aromatic carbocycles. The van der Waals surface area contributed by atoms with Gasteiger partial charge in [0.25, 0.3) is 0 Å². The van der Waals surface area contributed by atoms with Gasteiger partial charge in [-0.3, -0.25) is 0 Å². The molecule has 0 spiro atoms. The van der Waals surface area contributed by atoms with Crippen LogP contribution in [0.4, 0.5) is 11.6 Å². The average Bonchev–Trinajstić information content (AvgIpc) is 2.94. The van der Waals surface area contributed by atoms with Crippen LogP contribution in [0, 0.1) is 0 Å². The molecular formula is C14H24N4S. The van der Waals surface area contributed by atoms with E-state index in [4.69, 9.17) is 0 Å². The normalized spacial score (nSPS) is 17.4. The summed E-state index contributed by atoms with van der Waals surface area (Å²) in [6.07, 6.45) is 10.1. The minimum atomic E-state index is 0.399. The molecule has 19 heavy (non-hydrogen) atoms. The van der Waals surface area contributed by atoms with Gasteiger partial charge < -0.3 is 10.6 Å². The first-order chi connectivity index (χ1) is 9.24. The molecule has 0 aliphatic heterocycles. The Morgan fingerprint density at radius 2 is 1.95 bits per heavy atom. The van der Waals surface area contributed by atoms with Gasteiger partial charge in [0.2, 0.25) is 0 Å². The summed E-state index contributed by atoms with van der Waals surface area (Å²) in [5, 5.41) is 6.70. The van der Waals surface area contributed by atoms with Gasteiger partial charge in [-0.2, -0.15) is 11.8 Å². The minimum absolute atomic E-state index is 0.399. The van der Waals surface area contributed by atoms with Crippen molar-refractivity contribution in [2.45, 2.75) is 43.8 Å². The second-order valence-electron chi connectivity index (χ2n) is 5.10. The van der Waals surface area contributed by atoms with Crippen LogP contribution in [0.3, 0.4) is 0 Å². The van der Waals surface area contributed by atoms with Gasteiger partial charge in [0.1, 0.15) is 18.0 Å². The highest BCUT2D eigenvalue weighted by molar-refractivity contribution is 8.00. The Bertz CT molecular complexity index is 416. The van der Waals surface area contributed by atoms with E-state index in [0.29, 0.717) is 4.75 Å². The molecule has 4 nitrogen and oxygen atoms in total. The Hall–Kier alpha value is -0.970. The minimum Gasteiger partial charge on any atom is -0.373 e. The Kier molecular flexibility index (Phi) is 4.91. The third-order valence-electron chi connectivity index (χ3n) is 4.06. The van der Waals surface area contributed by atoms with E-state index < -0.39 is 0 Å². The van der Waals surface area contributed by atoms with E-state index in [1.54, 1.807) is 6.33 Å². The fourth-order valence-electron chi connectivity index (χ4n) is 2.83. The summed E-state index contributed by atoms with van der Waals surface area (Å²) in [5.74, 6) is 1.92. The molecule has 5 heteroatoms. The zero-order valence-corrected chi connectivity index (χ0v) is 12.9. The summed E-state index contributed by atoms with van der Waals surface area (Å²) in [4.78, 5) is 8.69. The SMILES string of the molecule is CCc1c(NC)ncnc1NCC1(SC)CCCC1. The second kappa shape index (κ2) is 6.46. The maximum absolute atomic E-state index is 4.41. The van der Waals surface area contributed by atoms with Gasteiger partial charge in [-0.05, 0) is 25.5 Å². The molecule has 1 aromatic rings. The Labute approximate surface area is 120 Å². The third-order valence-corrected chi connectivity index (χ3v) is 5.48. The summed E-state index contributed by atoms with van der Waals surface area (Å²) < 4.78 is 0.399. The van der Waals surface area contributed by atoms with Crippen molar-refractivity contribution < 1.29 is 0 Å². The highest BCUT2D eigenvalue weighted by Crippen LogP contribution is 2.40. The average molecular weight is 280 g/mol. The van der Waals surface area contributed by atoms with Crippen molar-refractivity contribution in [1.29, 1.82) is 0 Å². The quantitative estimate of drug-likeness (QED) is 0.838. The number of nitrogens with one attached hydrogen (secondary N) is 2. The fourth-order valence-corrected chi connectivity index (χ4v) is 3.75. The molecule has 0 saturated heterocycles. The molecule has 0 atom stereocenters. The lowest BCUT2D eigenvalue weighted by Crippen LogP contribution is -2.30. The lowest BCUT2D eigenvalue weighted by Gasteiger charge is -2.27. The molecule has 1 aliphatic carbocycles. The molecule has 1 saturated carbocycles. The van der Waals surface area contributed by atoms with E-state index in [0.717, 1.165) is 24.6 Å². The van der Waals surface area contributed by atoms with Crippen molar-refractivity contribution in [2.75, 3.05) is 30.5 Å². The molecule has 0 radical (unpaired) electrons. The van der Waals surface area contributed by atoms with Crippen LogP contribution in [0.15, 0.2) is 6.33 Å². The maximum atomic E-state index is 4.41. The lowest BCUT2D eigenvalue weighted by molar-refractivity contribution is 0.638. The highest BCUT2D eigenvalue weighted by atomic mass is 32.2. The van der Waals surface area contributed by atoms with Crippen molar-refractivity contribution >= 4 is 23.4 Å². The van der Waals surface area contributed by atoms with Gasteiger partial charge in [-0.25, -0.2) is 9.97 Å². The first-order valence-electron chi connectivity index (χ1n) is 7.05. The van der Waals surface area contributed by atoms with E-state index >= 15 is 0 Å².